The highest BCUT2D eigenvalue weighted by Gasteiger charge is 2.06. The number of para-hydroxylation sites is 1. The Kier molecular flexibility index (Phi) is 5.45. The van der Waals surface area contributed by atoms with Gasteiger partial charge in [-0.15, -0.1) is 0 Å². The summed E-state index contributed by atoms with van der Waals surface area (Å²) in [5.74, 6) is 0.0330. The Morgan fingerprint density at radius 1 is 1.15 bits per heavy atom. The Balaban J connectivity index is 1.72. The molecule has 2 N–H and O–H groups in total. The highest BCUT2D eigenvalue weighted by Crippen LogP contribution is 2.23. The van der Waals surface area contributed by atoms with Crippen molar-refractivity contribution in [3.8, 4) is 6.07 Å². The molecule has 0 unspecified atom stereocenters. The molecule has 2 aromatic carbocycles. The number of carbonyl (C=O) groups excluding carboxylic acids is 1. The van der Waals surface area contributed by atoms with Gasteiger partial charge >= 0.3 is 0 Å². The third kappa shape index (κ3) is 4.17. The van der Waals surface area contributed by atoms with Crippen LogP contribution in [0.5, 0.6) is 0 Å². The lowest BCUT2D eigenvalue weighted by molar-refractivity contribution is -0.116. The van der Waals surface area contributed by atoms with Crippen molar-refractivity contribution in [3.63, 3.8) is 0 Å². The van der Waals surface area contributed by atoms with Gasteiger partial charge in [0.05, 0.1) is 5.52 Å². The average Bonchev–Trinajstić information content (AvgIpc) is 2.67. The Hall–Kier alpha value is -3.39. The highest BCUT2D eigenvalue weighted by molar-refractivity contribution is 5.92. The zero-order valence-corrected chi connectivity index (χ0v) is 14.6. The average molecular weight is 344 g/mol. The van der Waals surface area contributed by atoms with Gasteiger partial charge in [0.2, 0.25) is 5.91 Å². The van der Waals surface area contributed by atoms with Crippen molar-refractivity contribution in [1.29, 1.82) is 5.26 Å². The van der Waals surface area contributed by atoms with Crippen molar-refractivity contribution in [2.24, 2.45) is 0 Å². The lowest BCUT2D eigenvalue weighted by Gasteiger charge is -2.11. The van der Waals surface area contributed by atoms with E-state index in [1.54, 1.807) is 6.07 Å². The van der Waals surface area contributed by atoms with Gasteiger partial charge in [-0.3, -0.25) is 4.79 Å². The molecule has 0 aliphatic carbocycles. The molecule has 26 heavy (non-hydrogen) atoms. The van der Waals surface area contributed by atoms with E-state index in [2.05, 4.69) is 21.7 Å². The first kappa shape index (κ1) is 17.4. The molecule has 5 heteroatoms. The summed E-state index contributed by atoms with van der Waals surface area (Å²) in [6.45, 7) is 2.59. The fraction of sp³-hybridized carbons (Fsp3) is 0.190. The van der Waals surface area contributed by atoms with Gasteiger partial charge in [-0.2, -0.15) is 5.26 Å². The summed E-state index contributed by atoms with van der Waals surface area (Å²) in [7, 11) is 0. The van der Waals surface area contributed by atoms with Crippen LogP contribution in [0.3, 0.4) is 0 Å². The quantitative estimate of drug-likeness (QED) is 0.692. The van der Waals surface area contributed by atoms with Gasteiger partial charge in [0.1, 0.15) is 11.8 Å². The molecule has 0 saturated heterocycles. The number of rotatable bonds is 6. The standard InChI is InChI=1S/C21H20N4O/c1-2-5-21(26)25-16-10-8-15(9-11-16)14-23-20-12-17(13-22)24-19-7-4-3-6-18(19)20/h3-4,6-12H,2,5,14H2,1H3,(H,23,24)(H,25,26). The van der Waals surface area contributed by atoms with E-state index in [4.69, 9.17) is 0 Å². The molecule has 3 rings (SSSR count). The van der Waals surface area contributed by atoms with E-state index in [1.807, 2.05) is 55.5 Å². The van der Waals surface area contributed by atoms with Gasteiger partial charge in [-0.25, -0.2) is 4.98 Å². The lowest BCUT2D eigenvalue weighted by atomic mass is 10.1. The summed E-state index contributed by atoms with van der Waals surface area (Å²) < 4.78 is 0. The van der Waals surface area contributed by atoms with Gasteiger partial charge < -0.3 is 10.6 Å². The van der Waals surface area contributed by atoms with Crippen LogP contribution in [-0.2, 0) is 11.3 Å². The molecule has 0 fully saturated rings. The molecular formula is C21H20N4O. The molecule has 0 aliphatic rings. The normalized spacial score (nSPS) is 10.3. The Morgan fingerprint density at radius 3 is 2.65 bits per heavy atom. The van der Waals surface area contributed by atoms with Crippen molar-refractivity contribution in [3.05, 3.63) is 65.9 Å². The van der Waals surface area contributed by atoms with Crippen LogP contribution in [0, 0.1) is 11.3 Å². The Morgan fingerprint density at radius 2 is 1.92 bits per heavy atom. The number of pyridine rings is 1. The van der Waals surface area contributed by atoms with Crippen LogP contribution >= 0.6 is 0 Å². The molecule has 1 heterocycles. The molecule has 0 radical (unpaired) electrons. The first-order valence-electron chi connectivity index (χ1n) is 8.62. The minimum absolute atomic E-state index is 0.0330. The number of nitrogens with zero attached hydrogens (tertiary/aromatic N) is 2. The molecule has 1 amide bonds. The molecule has 0 saturated carbocycles. The molecule has 0 bridgehead atoms. The molecular weight excluding hydrogens is 324 g/mol. The van der Waals surface area contributed by atoms with Gasteiger partial charge in [0.25, 0.3) is 0 Å². The zero-order valence-electron chi connectivity index (χ0n) is 14.6. The Labute approximate surface area is 152 Å². The van der Waals surface area contributed by atoms with E-state index in [-0.39, 0.29) is 5.91 Å². The summed E-state index contributed by atoms with van der Waals surface area (Å²) in [6.07, 6.45) is 1.36. The molecule has 0 spiro atoms. The lowest BCUT2D eigenvalue weighted by Crippen LogP contribution is -2.10. The minimum atomic E-state index is 0.0330. The first-order chi connectivity index (χ1) is 12.7. The number of aromatic nitrogens is 1. The largest absolute Gasteiger partial charge is 0.380 e. The molecule has 5 nitrogen and oxygen atoms in total. The van der Waals surface area contributed by atoms with Gasteiger partial charge in [-0.05, 0) is 36.2 Å². The van der Waals surface area contributed by atoms with Gasteiger partial charge in [0, 0.05) is 29.7 Å². The van der Waals surface area contributed by atoms with Crippen molar-refractivity contribution in [2.75, 3.05) is 10.6 Å². The predicted octanol–water partition coefficient (Wildman–Crippen LogP) is 4.46. The highest BCUT2D eigenvalue weighted by atomic mass is 16.1. The topological polar surface area (TPSA) is 77.8 Å². The van der Waals surface area contributed by atoms with Crippen LogP contribution in [0.1, 0.15) is 31.0 Å². The summed E-state index contributed by atoms with van der Waals surface area (Å²) in [5.41, 5.74) is 3.95. The maximum atomic E-state index is 11.6. The number of benzene rings is 2. The summed E-state index contributed by atoms with van der Waals surface area (Å²) in [6, 6.07) is 19.4. The van der Waals surface area contributed by atoms with Crippen molar-refractivity contribution in [2.45, 2.75) is 26.3 Å². The number of anilines is 2. The number of nitrogens with one attached hydrogen (secondary N) is 2. The van der Waals surface area contributed by atoms with E-state index < -0.39 is 0 Å². The number of nitriles is 1. The third-order valence-corrected chi connectivity index (χ3v) is 4.03. The SMILES string of the molecule is CCCC(=O)Nc1ccc(CNc2cc(C#N)nc3ccccc23)cc1. The predicted molar refractivity (Wildman–Crippen MR) is 104 cm³/mol. The second-order valence-corrected chi connectivity index (χ2v) is 6.03. The van der Waals surface area contributed by atoms with Crippen LogP contribution in [0.15, 0.2) is 54.6 Å². The van der Waals surface area contributed by atoms with Crippen molar-refractivity contribution in [1.82, 2.24) is 4.98 Å². The maximum absolute atomic E-state index is 11.6. The maximum Gasteiger partial charge on any atom is 0.224 e. The number of amides is 1. The number of hydrogen-bond acceptors (Lipinski definition) is 4. The second-order valence-electron chi connectivity index (χ2n) is 6.03. The number of fused-ring (bicyclic) bond motifs is 1. The molecule has 130 valence electrons. The Bertz CT molecular complexity index is 958. The summed E-state index contributed by atoms with van der Waals surface area (Å²) in [5, 5.41) is 16.4. The summed E-state index contributed by atoms with van der Waals surface area (Å²) >= 11 is 0. The first-order valence-corrected chi connectivity index (χ1v) is 8.62. The fourth-order valence-electron chi connectivity index (χ4n) is 2.73. The number of hydrogen-bond donors (Lipinski definition) is 2. The smallest absolute Gasteiger partial charge is 0.224 e. The molecule has 3 aromatic rings. The van der Waals surface area contributed by atoms with E-state index in [0.717, 1.165) is 34.3 Å². The monoisotopic (exact) mass is 344 g/mol. The van der Waals surface area contributed by atoms with Gasteiger partial charge in [-0.1, -0.05) is 37.3 Å². The van der Waals surface area contributed by atoms with E-state index in [0.29, 0.717) is 18.7 Å². The van der Waals surface area contributed by atoms with Crippen LogP contribution in [0.25, 0.3) is 10.9 Å². The van der Waals surface area contributed by atoms with E-state index >= 15 is 0 Å². The zero-order chi connectivity index (χ0) is 18.4. The fourth-order valence-corrected chi connectivity index (χ4v) is 2.73. The second kappa shape index (κ2) is 8.13. The van der Waals surface area contributed by atoms with Crippen molar-refractivity contribution >= 4 is 28.2 Å². The molecule has 1 aromatic heterocycles. The van der Waals surface area contributed by atoms with Crippen LogP contribution < -0.4 is 10.6 Å². The van der Waals surface area contributed by atoms with E-state index in [1.165, 1.54) is 0 Å². The van der Waals surface area contributed by atoms with Crippen LogP contribution in [-0.4, -0.2) is 10.9 Å². The van der Waals surface area contributed by atoms with Gasteiger partial charge in [0.15, 0.2) is 0 Å². The van der Waals surface area contributed by atoms with Crippen LogP contribution in [0.2, 0.25) is 0 Å². The summed E-state index contributed by atoms with van der Waals surface area (Å²) in [4.78, 5) is 16.0. The van der Waals surface area contributed by atoms with Crippen LogP contribution in [0.4, 0.5) is 11.4 Å². The molecule has 0 atom stereocenters. The van der Waals surface area contributed by atoms with E-state index in [9.17, 15) is 10.1 Å². The minimum Gasteiger partial charge on any atom is -0.380 e. The third-order valence-electron chi connectivity index (χ3n) is 4.03. The van der Waals surface area contributed by atoms with Crippen molar-refractivity contribution < 1.29 is 4.79 Å². The molecule has 0 aliphatic heterocycles. The number of carbonyl (C=O) groups is 1.